The third-order valence-electron chi connectivity index (χ3n) is 4.60. The Balaban J connectivity index is 2.53. The van der Waals surface area contributed by atoms with Crippen LogP contribution in [0.1, 0.15) is 59.8 Å². The smallest absolute Gasteiger partial charge is 0.240 e. The summed E-state index contributed by atoms with van der Waals surface area (Å²) >= 11 is 0. The molecule has 0 radical (unpaired) electrons. The van der Waals surface area contributed by atoms with Crippen molar-refractivity contribution in [3.8, 4) is 6.07 Å². The maximum absolute atomic E-state index is 12.5. The first-order valence-corrected chi connectivity index (χ1v) is 8.42. The van der Waals surface area contributed by atoms with Crippen LogP contribution in [0.15, 0.2) is 0 Å². The van der Waals surface area contributed by atoms with Crippen molar-refractivity contribution in [3.63, 3.8) is 0 Å². The zero-order valence-electron chi connectivity index (χ0n) is 14.1. The summed E-state index contributed by atoms with van der Waals surface area (Å²) in [6, 6.07) is 2.87. The second-order valence-electron chi connectivity index (χ2n) is 6.65. The molecule has 1 aliphatic heterocycles. The summed E-state index contributed by atoms with van der Waals surface area (Å²) in [5.74, 6) is 0.465. The van der Waals surface area contributed by atoms with Crippen LogP contribution < -0.4 is 5.32 Å². The molecule has 0 bridgehead atoms. The minimum Gasteiger partial charge on any atom is -0.354 e. The van der Waals surface area contributed by atoms with Crippen molar-refractivity contribution in [1.82, 2.24) is 10.2 Å². The van der Waals surface area contributed by atoms with Gasteiger partial charge in [-0.25, -0.2) is 0 Å². The highest BCUT2D eigenvalue weighted by molar-refractivity contribution is 5.85. The lowest BCUT2D eigenvalue weighted by atomic mass is 9.79. The Kier molecular flexibility index (Phi) is 7.17. The van der Waals surface area contributed by atoms with Crippen LogP contribution in [0.25, 0.3) is 0 Å². The van der Waals surface area contributed by atoms with Crippen molar-refractivity contribution in [3.05, 3.63) is 0 Å². The van der Waals surface area contributed by atoms with Gasteiger partial charge >= 0.3 is 0 Å². The minimum atomic E-state index is -0.820. The van der Waals surface area contributed by atoms with E-state index in [2.05, 4.69) is 30.1 Å². The van der Waals surface area contributed by atoms with Gasteiger partial charge < -0.3 is 10.2 Å². The van der Waals surface area contributed by atoms with E-state index in [-0.39, 0.29) is 5.91 Å². The van der Waals surface area contributed by atoms with Crippen LogP contribution in [0.5, 0.6) is 0 Å². The predicted molar refractivity (Wildman–Crippen MR) is 85.7 cm³/mol. The van der Waals surface area contributed by atoms with Crippen molar-refractivity contribution >= 4 is 5.91 Å². The Labute approximate surface area is 129 Å². The van der Waals surface area contributed by atoms with Gasteiger partial charge in [0.05, 0.1) is 6.07 Å². The first-order chi connectivity index (χ1) is 9.99. The first kappa shape index (κ1) is 18.0. The quantitative estimate of drug-likeness (QED) is 0.748. The molecule has 1 fully saturated rings. The number of likely N-dealkylation sites (tertiary alicyclic amines) is 1. The Morgan fingerprint density at radius 2 is 2.00 bits per heavy atom. The number of nitrogens with one attached hydrogen (secondary N) is 1. The molecule has 1 saturated heterocycles. The minimum absolute atomic E-state index is 0.0586. The van der Waals surface area contributed by atoms with Crippen molar-refractivity contribution in [1.29, 1.82) is 5.26 Å². The molecule has 1 N–H and O–H groups in total. The van der Waals surface area contributed by atoms with Gasteiger partial charge in [0.25, 0.3) is 0 Å². The fraction of sp³-hybridized carbons (Fsp3) is 0.882. The van der Waals surface area contributed by atoms with E-state index in [0.29, 0.717) is 31.3 Å². The summed E-state index contributed by atoms with van der Waals surface area (Å²) in [6.07, 6.45) is 4.19. The normalized spacial score (nSPS) is 19.7. The first-order valence-electron chi connectivity index (χ1n) is 8.42. The number of carbonyl (C=O) groups excluding carboxylic acids is 1. The molecule has 0 aliphatic carbocycles. The lowest BCUT2D eigenvalue weighted by molar-refractivity contribution is -0.129. The monoisotopic (exact) mass is 293 g/mol. The standard InChI is InChI=1S/C17H31N3O/c1-5-8-17(13-18,9-6-2)16(21)19-11-15-7-10-20(12-15)14(3)4/h14-15H,5-12H2,1-4H3,(H,19,21). The van der Waals surface area contributed by atoms with Crippen LogP contribution >= 0.6 is 0 Å². The van der Waals surface area contributed by atoms with E-state index in [9.17, 15) is 10.1 Å². The summed E-state index contributed by atoms with van der Waals surface area (Å²) in [7, 11) is 0. The molecule has 0 saturated carbocycles. The van der Waals surface area contributed by atoms with Crippen molar-refractivity contribution in [2.24, 2.45) is 11.3 Å². The average Bonchev–Trinajstić information content (AvgIpc) is 2.93. The molecule has 1 aliphatic rings. The number of hydrogen-bond acceptors (Lipinski definition) is 3. The zero-order valence-corrected chi connectivity index (χ0v) is 14.1. The van der Waals surface area contributed by atoms with E-state index in [1.165, 1.54) is 0 Å². The molecule has 1 amide bonds. The van der Waals surface area contributed by atoms with Gasteiger partial charge in [0, 0.05) is 19.1 Å². The summed E-state index contributed by atoms with van der Waals surface area (Å²) in [4.78, 5) is 15.0. The molecular weight excluding hydrogens is 262 g/mol. The predicted octanol–water partition coefficient (Wildman–Crippen LogP) is 2.94. The van der Waals surface area contributed by atoms with Crippen LogP contribution in [-0.4, -0.2) is 36.5 Å². The van der Waals surface area contributed by atoms with E-state index in [1.807, 2.05) is 13.8 Å². The number of hydrogen-bond donors (Lipinski definition) is 1. The lowest BCUT2D eigenvalue weighted by Crippen LogP contribution is -2.42. The number of nitriles is 1. The van der Waals surface area contributed by atoms with Gasteiger partial charge in [-0.15, -0.1) is 0 Å². The van der Waals surface area contributed by atoms with Crippen LogP contribution in [-0.2, 0) is 4.79 Å². The number of amides is 1. The van der Waals surface area contributed by atoms with E-state index in [4.69, 9.17) is 0 Å². The molecule has 21 heavy (non-hydrogen) atoms. The third kappa shape index (κ3) is 4.71. The van der Waals surface area contributed by atoms with Crippen LogP contribution in [0, 0.1) is 22.7 Å². The van der Waals surface area contributed by atoms with Crippen molar-refractivity contribution in [2.45, 2.75) is 65.8 Å². The van der Waals surface area contributed by atoms with Crippen LogP contribution in [0.4, 0.5) is 0 Å². The molecule has 0 aromatic heterocycles. The maximum atomic E-state index is 12.5. The van der Waals surface area contributed by atoms with Crippen LogP contribution in [0.2, 0.25) is 0 Å². The SMILES string of the molecule is CCCC(C#N)(CCC)C(=O)NCC1CCN(C(C)C)C1. The Morgan fingerprint density at radius 3 is 2.43 bits per heavy atom. The Morgan fingerprint density at radius 1 is 1.38 bits per heavy atom. The van der Waals surface area contributed by atoms with E-state index in [1.54, 1.807) is 0 Å². The topological polar surface area (TPSA) is 56.1 Å². The lowest BCUT2D eigenvalue weighted by Gasteiger charge is -2.25. The summed E-state index contributed by atoms with van der Waals surface area (Å²) in [6.45, 7) is 11.4. The highest BCUT2D eigenvalue weighted by Gasteiger charge is 2.37. The highest BCUT2D eigenvalue weighted by Crippen LogP contribution is 2.29. The van der Waals surface area contributed by atoms with Gasteiger partial charge in [0.1, 0.15) is 5.41 Å². The highest BCUT2D eigenvalue weighted by atomic mass is 16.2. The fourth-order valence-corrected chi connectivity index (χ4v) is 3.27. The second kappa shape index (κ2) is 8.38. The number of rotatable bonds is 8. The van der Waals surface area contributed by atoms with Gasteiger partial charge in [0.2, 0.25) is 5.91 Å². The van der Waals surface area contributed by atoms with Gasteiger partial charge in [-0.1, -0.05) is 26.7 Å². The van der Waals surface area contributed by atoms with Crippen molar-refractivity contribution in [2.75, 3.05) is 19.6 Å². The molecule has 1 heterocycles. The molecule has 120 valence electrons. The average molecular weight is 293 g/mol. The van der Waals surface area contributed by atoms with E-state index in [0.717, 1.165) is 32.4 Å². The van der Waals surface area contributed by atoms with Crippen molar-refractivity contribution < 1.29 is 4.79 Å². The molecule has 4 nitrogen and oxygen atoms in total. The number of nitrogens with zero attached hydrogens (tertiary/aromatic N) is 2. The van der Waals surface area contributed by atoms with Gasteiger partial charge in [-0.2, -0.15) is 5.26 Å². The maximum Gasteiger partial charge on any atom is 0.240 e. The van der Waals surface area contributed by atoms with Gasteiger partial charge in [0.15, 0.2) is 0 Å². The molecular formula is C17H31N3O. The summed E-state index contributed by atoms with van der Waals surface area (Å²) in [5.41, 5.74) is -0.820. The zero-order chi connectivity index (χ0) is 15.9. The summed E-state index contributed by atoms with van der Waals surface area (Å²) in [5, 5.41) is 12.6. The Bertz CT molecular complexity index is 367. The molecule has 4 heteroatoms. The molecule has 1 rings (SSSR count). The van der Waals surface area contributed by atoms with Crippen LogP contribution in [0.3, 0.4) is 0 Å². The molecule has 1 unspecified atom stereocenters. The number of carbonyl (C=O) groups is 1. The fourth-order valence-electron chi connectivity index (χ4n) is 3.27. The van der Waals surface area contributed by atoms with Gasteiger partial charge in [-0.05, 0) is 45.6 Å². The molecule has 1 atom stereocenters. The summed E-state index contributed by atoms with van der Waals surface area (Å²) < 4.78 is 0. The second-order valence-corrected chi connectivity index (χ2v) is 6.65. The van der Waals surface area contributed by atoms with E-state index < -0.39 is 5.41 Å². The Hall–Kier alpha value is -1.08. The van der Waals surface area contributed by atoms with E-state index >= 15 is 0 Å². The molecule has 0 aromatic rings. The third-order valence-corrected chi connectivity index (χ3v) is 4.60. The van der Waals surface area contributed by atoms with Gasteiger partial charge in [-0.3, -0.25) is 4.79 Å². The largest absolute Gasteiger partial charge is 0.354 e. The molecule has 0 spiro atoms. The molecule has 0 aromatic carbocycles.